The maximum absolute atomic E-state index is 14.3. The van der Waals surface area contributed by atoms with Gasteiger partial charge in [0.25, 0.3) is 11.5 Å². The molecule has 3 aromatic rings. The van der Waals surface area contributed by atoms with Crippen molar-refractivity contribution in [3.05, 3.63) is 86.0 Å². The molecule has 10 heteroatoms. The molecule has 3 N–H and O–H groups in total. The zero-order chi connectivity index (χ0) is 21.1. The smallest absolute Gasteiger partial charge is 0.305 e. The topological polar surface area (TPSA) is 104 Å². The number of benzene rings is 2. The highest BCUT2D eigenvalue weighted by Crippen LogP contribution is 2.26. The molecule has 1 unspecified atom stereocenters. The molecule has 7 nitrogen and oxygen atoms in total. The van der Waals surface area contributed by atoms with Gasteiger partial charge in [-0.2, -0.15) is 0 Å². The molecule has 150 valence electrons. The second kappa shape index (κ2) is 8.50. The zero-order valence-electron chi connectivity index (χ0n) is 14.7. The molecular weight excluding hydrogens is 424 g/mol. The van der Waals surface area contributed by atoms with E-state index in [9.17, 15) is 18.8 Å². The van der Waals surface area contributed by atoms with Gasteiger partial charge in [-0.05, 0) is 24.3 Å². The van der Waals surface area contributed by atoms with Crippen LogP contribution in [0, 0.1) is 5.82 Å². The summed E-state index contributed by atoms with van der Waals surface area (Å²) < 4.78 is 15.4. The summed E-state index contributed by atoms with van der Waals surface area (Å²) >= 11 is 11.7. The number of hydrogen-bond donors (Lipinski definition) is 3. The standard InChI is InChI=1S/C19H14Cl2FN3O4/c20-10-3-1-4-11(7-10)25-16(26)8-15(24-25)19(29)23-14(9-17(27)28)12-5-2-6-13(21)18(12)22/h1-8,14,24H,9H2,(H,23,29)(H,27,28). The number of nitrogens with zero attached hydrogens (tertiary/aromatic N) is 1. The normalized spacial score (nSPS) is 11.8. The van der Waals surface area contributed by atoms with Crippen LogP contribution >= 0.6 is 23.2 Å². The second-order valence-electron chi connectivity index (χ2n) is 6.09. The lowest BCUT2D eigenvalue weighted by Gasteiger charge is -2.18. The molecule has 1 atom stereocenters. The quantitative estimate of drug-likeness (QED) is 0.548. The molecule has 29 heavy (non-hydrogen) atoms. The average molecular weight is 438 g/mol. The highest BCUT2D eigenvalue weighted by Gasteiger charge is 2.24. The molecule has 0 radical (unpaired) electrons. The average Bonchev–Trinajstić information content (AvgIpc) is 3.05. The van der Waals surface area contributed by atoms with Crippen molar-refractivity contribution in [1.82, 2.24) is 15.1 Å². The lowest BCUT2D eigenvalue weighted by atomic mass is 10.0. The summed E-state index contributed by atoms with van der Waals surface area (Å²) in [6, 6.07) is 10.3. The molecule has 3 rings (SSSR count). The van der Waals surface area contributed by atoms with Gasteiger partial charge in [0.15, 0.2) is 0 Å². The molecule has 0 aliphatic rings. The van der Waals surface area contributed by atoms with Crippen LogP contribution in [0.1, 0.15) is 28.5 Å². The van der Waals surface area contributed by atoms with Crippen LogP contribution in [0.15, 0.2) is 53.3 Å². The SMILES string of the molecule is O=C(O)CC(NC(=O)c1cc(=O)n(-c2cccc(Cl)c2)[nH]1)c1cccc(Cl)c1F. The Hall–Kier alpha value is -3.10. The first-order valence-electron chi connectivity index (χ1n) is 8.31. The molecule has 0 spiro atoms. The van der Waals surface area contributed by atoms with Crippen molar-refractivity contribution >= 4 is 35.1 Å². The third-order valence-corrected chi connectivity index (χ3v) is 4.60. The maximum Gasteiger partial charge on any atom is 0.305 e. The minimum Gasteiger partial charge on any atom is -0.481 e. The number of carboxylic acid groups (broad SMARTS) is 1. The van der Waals surface area contributed by atoms with Crippen LogP contribution in [0.2, 0.25) is 10.0 Å². The Kier molecular flexibility index (Phi) is 6.05. The van der Waals surface area contributed by atoms with E-state index in [4.69, 9.17) is 28.3 Å². The van der Waals surface area contributed by atoms with Gasteiger partial charge < -0.3 is 10.4 Å². The molecular formula is C19H14Cl2FN3O4. The van der Waals surface area contributed by atoms with Crippen LogP contribution in [0.5, 0.6) is 0 Å². The van der Waals surface area contributed by atoms with Crippen LogP contribution < -0.4 is 10.9 Å². The van der Waals surface area contributed by atoms with Crippen molar-refractivity contribution in [3.8, 4) is 5.69 Å². The van der Waals surface area contributed by atoms with Gasteiger partial charge in [0.1, 0.15) is 11.5 Å². The fraction of sp³-hybridized carbons (Fsp3) is 0.105. The van der Waals surface area contributed by atoms with Crippen molar-refractivity contribution in [2.75, 3.05) is 0 Å². The number of hydrogen-bond acceptors (Lipinski definition) is 3. The first-order valence-corrected chi connectivity index (χ1v) is 9.06. The second-order valence-corrected chi connectivity index (χ2v) is 6.93. The van der Waals surface area contributed by atoms with Crippen molar-refractivity contribution in [2.45, 2.75) is 12.5 Å². The lowest BCUT2D eigenvalue weighted by molar-refractivity contribution is -0.137. The number of amides is 1. The van der Waals surface area contributed by atoms with Gasteiger partial charge in [0.05, 0.1) is 23.2 Å². The molecule has 0 aliphatic carbocycles. The van der Waals surface area contributed by atoms with Gasteiger partial charge in [0, 0.05) is 16.7 Å². The van der Waals surface area contributed by atoms with Crippen LogP contribution in [0.3, 0.4) is 0 Å². The number of aromatic nitrogens is 2. The molecule has 1 amide bonds. The van der Waals surface area contributed by atoms with Crippen molar-refractivity contribution in [2.24, 2.45) is 0 Å². The summed E-state index contributed by atoms with van der Waals surface area (Å²) in [6.07, 6.45) is -0.581. The van der Waals surface area contributed by atoms with Gasteiger partial charge in [0.2, 0.25) is 0 Å². The highest BCUT2D eigenvalue weighted by molar-refractivity contribution is 6.31. The van der Waals surface area contributed by atoms with Crippen LogP contribution in [-0.2, 0) is 4.79 Å². The molecule has 1 heterocycles. The maximum atomic E-state index is 14.3. The van der Waals surface area contributed by atoms with E-state index in [0.29, 0.717) is 10.7 Å². The Morgan fingerprint density at radius 3 is 2.59 bits per heavy atom. The summed E-state index contributed by atoms with van der Waals surface area (Å²) in [6.45, 7) is 0. The Bertz CT molecular complexity index is 1140. The molecule has 0 bridgehead atoms. The third kappa shape index (κ3) is 4.67. The minimum atomic E-state index is -1.25. The number of aliphatic carboxylic acids is 1. The summed E-state index contributed by atoms with van der Waals surface area (Å²) in [5.41, 5.74) is -0.330. The Morgan fingerprint density at radius 1 is 1.17 bits per heavy atom. The Labute approximate surface area is 173 Å². The van der Waals surface area contributed by atoms with E-state index in [0.717, 1.165) is 10.7 Å². The summed E-state index contributed by atoms with van der Waals surface area (Å²) in [4.78, 5) is 36.0. The minimum absolute atomic E-state index is 0.0788. The van der Waals surface area contributed by atoms with Gasteiger partial charge in [-0.1, -0.05) is 41.4 Å². The van der Waals surface area contributed by atoms with E-state index in [2.05, 4.69) is 10.4 Å². The third-order valence-electron chi connectivity index (χ3n) is 4.07. The van der Waals surface area contributed by atoms with Crippen LogP contribution in [0.4, 0.5) is 4.39 Å². The molecule has 1 aromatic heterocycles. The number of H-pyrrole nitrogens is 1. The van der Waals surface area contributed by atoms with E-state index in [1.54, 1.807) is 18.2 Å². The summed E-state index contributed by atoms with van der Waals surface area (Å²) in [5, 5.41) is 14.4. The van der Waals surface area contributed by atoms with E-state index in [1.165, 1.54) is 24.3 Å². The van der Waals surface area contributed by atoms with E-state index >= 15 is 0 Å². The summed E-state index contributed by atoms with van der Waals surface area (Å²) in [5.74, 6) is -2.86. The number of nitrogens with one attached hydrogen (secondary N) is 2. The lowest BCUT2D eigenvalue weighted by Crippen LogP contribution is -2.31. The van der Waals surface area contributed by atoms with E-state index in [1.807, 2.05) is 0 Å². The van der Waals surface area contributed by atoms with Crippen molar-refractivity contribution in [3.63, 3.8) is 0 Å². The van der Waals surface area contributed by atoms with Gasteiger partial charge in [-0.15, -0.1) is 0 Å². The largest absolute Gasteiger partial charge is 0.481 e. The number of carbonyl (C=O) groups is 2. The number of halogens is 3. The van der Waals surface area contributed by atoms with Gasteiger partial charge in [-0.25, -0.2) is 9.07 Å². The van der Waals surface area contributed by atoms with Gasteiger partial charge >= 0.3 is 5.97 Å². The van der Waals surface area contributed by atoms with Crippen LogP contribution in [-0.4, -0.2) is 26.8 Å². The Balaban J connectivity index is 1.91. The predicted octanol–water partition coefficient (Wildman–Crippen LogP) is 3.56. The predicted molar refractivity (Wildman–Crippen MR) is 105 cm³/mol. The molecule has 0 aliphatic heterocycles. The van der Waals surface area contributed by atoms with Gasteiger partial charge in [-0.3, -0.25) is 19.5 Å². The fourth-order valence-corrected chi connectivity index (χ4v) is 3.12. The zero-order valence-corrected chi connectivity index (χ0v) is 16.2. The number of rotatable bonds is 6. The fourth-order valence-electron chi connectivity index (χ4n) is 2.76. The number of aromatic amines is 1. The molecule has 2 aromatic carbocycles. The number of carbonyl (C=O) groups excluding carboxylic acids is 1. The van der Waals surface area contributed by atoms with Crippen LogP contribution in [0.25, 0.3) is 5.69 Å². The van der Waals surface area contributed by atoms with Crippen molar-refractivity contribution in [1.29, 1.82) is 0 Å². The van der Waals surface area contributed by atoms with Crippen molar-refractivity contribution < 1.29 is 19.1 Å². The molecule has 0 saturated carbocycles. The van der Waals surface area contributed by atoms with E-state index < -0.39 is 35.7 Å². The highest BCUT2D eigenvalue weighted by atomic mass is 35.5. The molecule has 0 saturated heterocycles. The summed E-state index contributed by atoms with van der Waals surface area (Å²) in [7, 11) is 0. The monoisotopic (exact) mass is 437 g/mol. The van der Waals surface area contributed by atoms with E-state index in [-0.39, 0.29) is 16.3 Å². The first-order chi connectivity index (χ1) is 13.8. The Morgan fingerprint density at radius 2 is 1.90 bits per heavy atom. The molecule has 0 fully saturated rings. The number of carboxylic acids is 1. The first kappa shape index (κ1) is 20.6.